The fourth-order valence-corrected chi connectivity index (χ4v) is 1.49. The molecule has 0 spiro atoms. The van der Waals surface area contributed by atoms with E-state index in [9.17, 15) is 0 Å². The number of rotatable bonds is 2. The zero-order valence-corrected chi connectivity index (χ0v) is 7.89. The molecule has 3 atom stereocenters. The molecule has 2 heteroatoms. The summed E-state index contributed by atoms with van der Waals surface area (Å²) in [6.45, 7) is 8.31. The van der Waals surface area contributed by atoms with Gasteiger partial charge in [0.1, 0.15) is 0 Å². The van der Waals surface area contributed by atoms with E-state index >= 15 is 0 Å². The van der Waals surface area contributed by atoms with Gasteiger partial charge in [0.25, 0.3) is 0 Å². The number of ether oxygens (including phenoxy) is 2. The third-order valence-corrected chi connectivity index (χ3v) is 2.40. The molecule has 2 nitrogen and oxygen atoms in total. The Kier molecular flexibility index (Phi) is 2.55. The van der Waals surface area contributed by atoms with Gasteiger partial charge >= 0.3 is 0 Å². The minimum atomic E-state index is -0.319. The van der Waals surface area contributed by atoms with Gasteiger partial charge in [-0.25, -0.2) is 0 Å². The molecule has 0 saturated carbocycles. The molecule has 0 N–H and O–H groups in total. The van der Waals surface area contributed by atoms with Crippen molar-refractivity contribution in [2.75, 3.05) is 0 Å². The van der Waals surface area contributed by atoms with Crippen molar-refractivity contribution in [3.05, 3.63) is 0 Å². The fourth-order valence-electron chi connectivity index (χ4n) is 1.49. The van der Waals surface area contributed by atoms with Crippen LogP contribution in [0.15, 0.2) is 0 Å². The Balaban J connectivity index is 2.55. The minimum Gasteiger partial charge on any atom is -0.345 e. The third kappa shape index (κ3) is 1.74. The van der Waals surface area contributed by atoms with Crippen LogP contribution in [0.25, 0.3) is 0 Å². The first-order valence-corrected chi connectivity index (χ1v) is 4.47. The summed E-state index contributed by atoms with van der Waals surface area (Å²) in [6.07, 6.45) is 2.51. The van der Waals surface area contributed by atoms with Crippen molar-refractivity contribution in [3.8, 4) is 0 Å². The van der Waals surface area contributed by atoms with Gasteiger partial charge in [-0.2, -0.15) is 0 Å². The van der Waals surface area contributed by atoms with E-state index in [0.29, 0.717) is 6.10 Å². The molecule has 1 aliphatic rings. The quantitative estimate of drug-likeness (QED) is 0.614. The van der Waals surface area contributed by atoms with Gasteiger partial charge in [0.2, 0.25) is 0 Å². The van der Waals surface area contributed by atoms with Crippen LogP contribution in [0.5, 0.6) is 0 Å². The van der Waals surface area contributed by atoms with Gasteiger partial charge in [-0.05, 0) is 26.7 Å². The highest BCUT2D eigenvalue weighted by molar-refractivity contribution is 4.78. The van der Waals surface area contributed by atoms with Crippen molar-refractivity contribution in [1.82, 2.24) is 0 Å². The van der Waals surface area contributed by atoms with Crippen LogP contribution in [0.4, 0.5) is 0 Å². The van der Waals surface area contributed by atoms with Gasteiger partial charge in [-0.3, -0.25) is 0 Å². The molecule has 0 radical (unpaired) electrons. The molecule has 1 heterocycles. The van der Waals surface area contributed by atoms with Gasteiger partial charge in [-0.1, -0.05) is 13.8 Å². The fraction of sp³-hybridized carbons (Fsp3) is 1.00. The monoisotopic (exact) mass is 158 g/mol. The lowest BCUT2D eigenvalue weighted by Gasteiger charge is -2.20. The molecular weight excluding hydrogens is 140 g/mol. The van der Waals surface area contributed by atoms with E-state index in [-0.39, 0.29) is 11.9 Å². The SMILES string of the molecule is CCC1OC(C)(CC)OC1C. The summed E-state index contributed by atoms with van der Waals surface area (Å²) in [7, 11) is 0. The molecule has 1 saturated heterocycles. The Morgan fingerprint density at radius 1 is 1.27 bits per heavy atom. The van der Waals surface area contributed by atoms with Crippen LogP contribution in [-0.4, -0.2) is 18.0 Å². The Morgan fingerprint density at radius 3 is 2.18 bits per heavy atom. The zero-order valence-electron chi connectivity index (χ0n) is 7.89. The predicted octanol–water partition coefficient (Wildman–Crippen LogP) is 2.33. The summed E-state index contributed by atoms with van der Waals surface area (Å²) in [5.74, 6) is -0.319. The first-order valence-electron chi connectivity index (χ1n) is 4.47. The molecular formula is C9H18O2. The van der Waals surface area contributed by atoms with Crippen LogP contribution in [0.3, 0.4) is 0 Å². The van der Waals surface area contributed by atoms with Crippen molar-refractivity contribution in [1.29, 1.82) is 0 Å². The molecule has 0 bridgehead atoms. The molecule has 66 valence electrons. The maximum absolute atomic E-state index is 5.74. The van der Waals surface area contributed by atoms with Gasteiger partial charge in [0.15, 0.2) is 5.79 Å². The van der Waals surface area contributed by atoms with Crippen LogP contribution in [0, 0.1) is 0 Å². The molecule has 0 amide bonds. The lowest BCUT2D eigenvalue weighted by Crippen LogP contribution is -2.25. The van der Waals surface area contributed by atoms with Crippen molar-refractivity contribution < 1.29 is 9.47 Å². The topological polar surface area (TPSA) is 18.5 Å². The summed E-state index contributed by atoms with van der Waals surface area (Å²) in [4.78, 5) is 0. The Labute approximate surface area is 68.9 Å². The lowest BCUT2D eigenvalue weighted by atomic mass is 10.2. The molecule has 0 aromatic heterocycles. The van der Waals surface area contributed by atoms with Crippen LogP contribution >= 0.6 is 0 Å². The summed E-state index contributed by atoms with van der Waals surface area (Å²) in [6, 6.07) is 0. The Hall–Kier alpha value is -0.0800. The van der Waals surface area contributed by atoms with Crippen molar-refractivity contribution in [2.45, 2.75) is 58.5 Å². The average Bonchev–Trinajstić information content (AvgIpc) is 2.27. The molecule has 0 aliphatic carbocycles. The van der Waals surface area contributed by atoms with E-state index in [2.05, 4.69) is 20.8 Å². The second kappa shape index (κ2) is 3.11. The van der Waals surface area contributed by atoms with Crippen LogP contribution in [0.2, 0.25) is 0 Å². The molecule has 1 aliphatic heterocycles. The second-order valence-electron chi connectivity index (χ2n) is 3.37. The van der Waals surface area contributed by atoms with E-state index in [0.717, 1.165) is 12.8 Å². The van der Waals surface area contributed by atoms with Gasteiger partial charge in [0.05, 0.1) is 12.2 Å². The number of hydrogen-bond acceptors (Lipinski definition) is 2. The second-order valence-corrected chi connectivity index (χ2v) is 3.37. The van der Waals surface area contributed by atoms with Gasteiger partial charge in [0, 0.05) is 0 Å². The van der Waals surface area contributed by atoms with Crippen molar-refractivity contribution in [2.24, 2.45) is 0 Å². The van der Waals surface area contributed by atoms with E-state index in [1.54, 1.807) is 0 Å². The number of hydrogen-bond donors (Lipinski definition) is 0. The highest BCUT2D eigenvalue weighted by Gasteiger charge is 2.39. The highest BCUT2D eigenvalue weighted by Crippen LogP contribution is 2.32. The first kappa shape index (κ1) is 9.01. The van der Waals surface area contributed by atoms with E-state index < -0.39 is 0 Å². The molecule has 0 aromatic rings. The minimum absolute atomic E-state index is 0.255. The summed E-state index contributed by atoms with van der Waals surface area (Å²) in [5, 5.41) is 0. The maximum atomic E-state index is 5.74. The highest BCUT2D eigenvalue weighted by atomic mass is 16.8. The van der Waals surface area contributed by atoms with Gasteiger partial charge < -0.3 is 9.47 Å². The van der Waals surface area contributed by atoms with Crippen molar-refractivity contribution in [3.63, 3.8) is 0 Å². The zero-order chi connectivity index (χ0) is 8.48. The first-order chi connectivity index (χ1) is 5.11. The van der Waals surface area contributed by atoms with E-state index in [4.69, 9.17) is 9.47 Å². The largest absolute Gasteiger partial charge is 0.345 e. The van der Waals surface area contributed by atoms with Crippen molar-refractivity contribution >= 4 is 0 Å². The predicted molar refractivity (Wildman–Crippen MR) is 44.4 cm³/mol. The Morgan fingerprint density at radius 2 is 1.91 bits per heavy atom. The lowest BCUT2D eigenvalue weighted by molar-refractivity contribution is -0.161. The molecule has 0 aromatic carbocycles. The molecule has 3 unspecified atom stereocenters. The summed E-state index contributed by atoms with van der Waals surface area (Å²) >= 11 is 0. The molecule has 1 rings (SSSR count). The standard InChI is InChI=1S/C9H18O2/c1-5-8-7(3)10-9(4,6-2)11-8/h7-8H,5-6H2,1-4H3. The third-order valence-electron chi connectivity index (χ3n) is 2.40. The smallest absolute Gasteiger partial charge is 0.166 e. The van der Waals surface area contributed by atoms with E-state index in [1.807, 2.05) is 6.92 Å². The molecule has 1 fully saturated rings. The maximum Gasteiger partial charge on any atom is 0.166 e. The normalized spacial score (nSPS) is 44.7. The van der Waals surface area contributed by atoms with Crippen LogP contribution in [-0.2, 0) is 9.47 Å². The summed E-state index contributed by atoms with van der Waals surface area (Å²) < 4.78 is 11.4. The Bertz CT molecular complexity index is 136. The average molecular weight is 158 g/mol. The van der Waals surface area contributed by atoms with Crippen LogP contribution < -0.4 is 0 Å². The summed E-state index contributed by atoms with van der Waals surface area (Å²) in [5.41, 5.74) is 0. The van der Waals surface area contributed by atoms with Gasteiger partial charge in [-0.15, -0.1) is 0 Å². The van der Waals surface area contributed by atoms with Crippen LogP contribution in [0.1, 0.15) is 40.5 Å². The van der Waals surface area contributed by atoms with E-state index in [1.165, 1.54) is 0 Å². The molecule has 11 heavy (non-hydrogen) atoms.